The number of rotatable bonds is 10. The van der Waals surface area contributed by atoms with Crippen molar-refractivity contribution in [3.05, 3.63) is 100 Å². The van der Waals surface area contributed by atoms with E-state index in [4.69, 9.17) is 4.74 Å². The van der Waals surface area contributed by atoms with E-state index in [-0.39, 0.29) is 17.7 Å². The number of aliphatic hydroxyl groups is 1. The number of fused-ring (bicyclic) bond motifs is 1. The van der Waals surface area contributed by atoms with E-state index in [2.05, 4.69) is 25.6 Å². The number of anilines is 1. The van der Waals surface area contributed by atoms with Crippen LogP contribution in [0.3, 0.4) is 0 Å². The first-order valence-electron chi connectivity index (χ1n) is 13.1. The second kappa shape index (κ2) is 11.5. The molecule has 216 valence electrons. The quantitative estimate of drug-likeness (QED) is 0.199. The summed E-state index contributed by atoms with van der Waals surface area (Å²) in [5.74, 6) is -1.07. The Kier molecular flexibility index (Phi) is 7.81. The number of aliphatic hydroxyl groups excluding tert-OH is 1. The third-order valence-corrected chi connectivity index (χ3v) is 6.48. The van der Waals surface area contributed by atoms with Crippen molar-refractivity contribution < 1.29 is 23.4 Å². The van der Waals surface area contributed by atoms with E-state index in [0.29, 0.717) is 40.3 Å². The zero-order valence-corrected chi connectivity index (χ0v) is 23.1. The van der Waals surface area contributed by atoms with Crippen molar-refractivity contribution in [2.24, 2.45) is 0 Å². The summed E-state index contributed by atoms with van der Waals surface area (Å²) in [6, 6.07) is 12.1. The molecule has 5 rings (SSSR count). The van der Waals surface area contributed by atoms with E-state index < -0.39 is 34.6 Å². The number of carbonyl (C=O) groups excluding carboxylic acids is 1. The van der Waals surface area contributed by atoms with Gasteiger partial charge >= 0.3 is 0 Å². The van der Waals surface area contributed by atoms with Crippen molar-refractivity contribution in [2.45, 2.75) is 45.3 Å². The van der Waals surface area contributed by atoms with Crippen LogP contribution in [0.1, 0.15) is 43.1 Å². The summed E-state index contributed by atoms with van der Waals surface area (Å²) in [5.41, 5.74) is -0.254. The van der Waals surface area contributed by atoms with Gasteiger partial charge in [0.25, 0.3) is 5.56 Å². The fourth-order valence-corrected chi connectivity index (χ4v) is 4.73. The number of aromatic amines is 1. The van der Waals surface area contributed by atoms with E-state index in [1.807, 2.05) is 13.8 Å². The molecule has 0 bridgehead atoms. The first kappa shape index (κ1) is 28.6. The molecule has 0 aliphatic heterocycles. The Morgan fingerprint density at radius 3 is 2.57 bits per heavy atom. The summed E-state index contributed by atoms with van der Waals surface area (Å²) >= 11 is 0. The Hall–Kier alpha value is -4.97. The van der Waals surface area contributed by atoms with Gasteiger partial charge in [-0.1, -0.05) is 6.07 Å². The van der Waals surface area contributed by atoms with Crippen molar-refractivity contribution >= 4 is 22.6 Å². The van der Waals surface area contributed by atoms with Crippen LogP contribution in [-0.4, -0.2) is 47.5 Å². The molecular weight excluding hydrogens is 546 g/mol. The van der Waals surface area contributed by atoms with Crippen molar-refractivity contribution in [2.75, 3.05) is 5.32 Å². The third kappa shape index (κ3) is 6.18. The maximum absolute atomic E-state index is 15.2. The molecule has 0 aliphatic rings. The SMILES string of the molecule is CC(O)CC(C)(C)Nc1n[nH]c2nccc(Oc3ccc(CC(=O)c4ccnn(-c5ccc(F)cc5)c4=O)cc3F)c12. The average Bonchev–Trinajstić information content (AvgIpc) is 3.33. The van der Waals surface area contributed by atoms with Gasteiger partial charge < -0.3 is 15.2 Å². The van der Waals surface area contributed by atoms with Gasteiger partial charge in [-0.2, -0.15) is 14.9 Å². The van der Waals surface area contributed by atoms with Crippen molar-refractivity contribution in [3.8, 4) is 17.2 Å². The molecule has 1 atom stereocenters. The molecule has 10 nitrogen and oxygen atoms in total. The number of nitrogens with zero attached hydrogens (tertiary/aromatic N) is 4. The Morgan fingerprint density at radius 1 is 1.10 bits per heavy atom. The largest absolute Gasteiger partial charge is 0.453 e. The highest BCUT2D eigenvalue weighted by Crippen LogP contribution is 2.35. The highest BCUT2D eigenvalue weighted by atomic mass is 19.1. The van der Waals surface area contributed by atoms with Crippen LogP contribution < -0.4 is 15.6 Å². The maximum atomic E-state index is 15.2. The van der Waals surface area contributed by atoms with Gasteiger partial charge in [0.05, 0.1) is 17.4 Å². The predicted octanol–water partition coefficient (Wildman–Crippen LogP) is 4.96. The first-order valence-corrected chi connectivity index (χ1v) is 13.1. The molecule has 42 heavy (non-hydrogen) atoms. The Labute approximate surface area is 239 Å². The van der Waals surface area contributed by atoms with Crippen molar-refractivity contribution in [1.82, 2.24) is 25.0 Å². The van der Waals surface area contributed by atoms with Gasteiger partial charge in [0.2, 0.25) is 0 Å². The lowest BCUT2D eigenvalue weighted by molar-refractivity contribution is 0.0990. The maximum Gasteiger partial charge on any atom is 0.282 e. The minimum absolute atomic E-state index is 0.0864. The summed E-state index contributed by atoms with van der Waals surface area (Å²) in [6.45, 7) is 5.53. The molecule has 5 aromatic rings. The van der Waals surface area contributed by atoms with Crippen LogP contribution in [-0.2, 0) is 6.42 Å². The minimum atomic E-state index is -0.712. The molecule has 0 saturated heterocycles. The standard InChI is InChI=1S/C30H28F2N6O4/c1-17(39)16-30(2,3)35-28-26-25(11-12-33-27(26)36-37-28)42-24-9-4-18(14-22(24)32)15-23(40)21-10-13-34-38(29(21)41)20-7-5-19(31)6-8-20/h4-14,17,39H,15-16H2,1-3H3,(H2,33,35,36,37). The number of Topliss-reactive ketones (excluding diaryl/α,β-unsaturated/α-hetero) is 1. The number of aromatic nitrogens is 5. The Bertz CT molecular complexity index is 1820. The minimum Gasteiger partial charge on any atom is -0.453 e. The number of carbonyl (C=O) groups is 1. The summed E-state index contributed by atoms with van der Waals surface area (Å²) in [7, 11) is 0. The van der Waals surface area contributed by atoms with Gasteiger partial charge in [0.15, 0.2) is 28.8 Å². The Balaban J connectivity index is 1.36. The number of H-pyrrole nitrogens is 1. The molecule has 0 saturated carbocycles. The molecule has 12 heteroatoms. The van der Waals surface area contributed by atoms with Crippen molar-refractivity contribution in [3.63, 3.8) is 0 Å². The second-order valence-electron chi connectivity index (χ2n) is 10.6. The van der Waals surface area contributed by atoms with Gasteiger partial charge in [-0.15, -0.1) is 0 Å². The third-order valence-electron chi connectivity index (χ3n) is 6.48. The topological polar surface area (TPSA) is 135 Å². The molecular formula is C30H28F2N6O4. The zero-order valence-electron chi connectivity index (χ0n) is 23.1. The van der Waals surface area contributed by atoms with Gasteiger partial charge in [-0.05, 0) is 75.2 Å². The van der Waals surface area contributed by atoms with Gasteiger partial charge in [-0.25, -0.2) is 13.8 Å². The number of benzene rings is 2. The summed E-state index contributed by atoms with van der Waals surface area (Å²) in [6.07, 6.45) is 2.47. The van der Waals surface area contributed by atoms with Gasteiger partial charge in [0, 0.05) is 30.4 Å². The van der Waals surface area contributed by atoms with Crippen LogP contribution in [0, 0.1) is 11.6 Å². The molecule has 1 unspecified atom stereocenters. The number of pyridine rings is 1. The number of ether oxygens (including phenoxy) is 1. The predicted molar refractivity (Wildman–Crippen MR) is 152 cm³/mol. The number of hydrogen-bond acceptors (Lipinski definition) is 8. The van der Waals surface area contributed by atoms with Crippen LogP contribution in [0.4, 0.5) is 14.6 Å². The van der Waals surface area contributed by atoms with Crippen LogP contribution in [0.5, 0.6) is 11.5 Å². The molecule has 0 fully saturated rings. The van der Waals surface area contributed by atoms with E-state index in [1.54, 1.807) is 13.0 Å². The lowest BCUT2D eigenvalue weighted by Gasteiger charge is -2.27. The van der Waals surface area contributed by atoms with E-state index in [0.717, 1.165) is 4.68 Å². The molecule has 2 aromatic carbocycles. The number of hydrogen-bond donors (Lipinski definition) is 3. The molecule has 0 radical (unpaired) electrons. The normalized spacial score (nSPS) is 12.3. The fourth-order valence-electron chi connectivity index (χ4n) is 4.73. The molecule has 3 heterocycles. The average molecular weight is 575 g/mol. The number of nitrogens with one attached hydrogen (secondary N) is 2. The number of ketones is 1. The summed E-state index contributed by atoms with van der Waals surface area (Å²) in [4.78, 5) is 30.2. The van der Waals surface area contributed by atoms with E-state index in [1.165, 1.54) is 60.9 Å². The molecule has 3 N–H and O–H groups in total. The van der Waals surface area contributed by atoms with Crippen LogP contribution in [0.2, 0.25) is 0 Å². The van der Waals surface area contributed by atoms with E-state index in [9.17, 15) is 19.1 Å². The number of halogens is 2. The van der Waals surface area contributed by atoms with Gasteiger partial charge in [0.1, 0.15) is 17.0 Å². The fraction of sp³-hybridized carbons (Fsp3) is 0.233. The lowest BCUT2D eigenvalue weighted by Crippen LogP contribution is -2.34. The van der Waals surface area contributed by atoms with E-state index >= 15 is 4.39 Å². The second-order valence-corrected chi connectivity index (χ2v) is 10.6. The highest BCUT2D eigenvalue weighted by Gasteiger charge is 2.24. The lowest BCUT2D eigenvalue weighted by atomic mass is 9.97. The smallest absolute Gasteiger partial charge is 0.282 e. The molecule has 0 spiro atoms. The van der Waals surface area contributed by atoms with Gasteiger partial charge in [-0.3, -0.25) is 14.7 Å². The zero-order chi connectivity index (χ0) is 30.0. The molecule has 0 amide bonds. The van der Waals surface area contributed by atoms with Crippen LogP contribution >= 0.6 is 0 Å². The molecule has 0 aliphatic carbocycles. The van der Waals surface area contributed by atoms with Crippen LogP contribution in [0.15, 0.2) is 71.8 Å². The highest BCUT2D eigenvalue weighted by molar-refractivity contribution is 5.97. The van der Waals surface area contributed by atoms with Crippen LogP contribution in [0.25, 0.3) is 16.7 Å². The first-order chi connectivity index (χ1) is 20.0. The molecule has 3 aromatic heterocycles. The summed E-state index contributed by atoms with van der Waals surface area (Å²) in [5, 5.41) is 24.7. The van der Waals surface area contributed by atoms with Crippen molar-refractivity contribution in [1.29, 1.82) is 0 Å². The monoisotopic (exact) mass is 574 g/mol. The summed E-state index contributed by atoms with van der Waals surface area (Å²) < 4.78 is 35.4. The Morgan fingerprint density at radius 2 is 1.86 bits per heavy atom.